The number of nitrogens with zero attached hydrogens (tertiary/aromatic N) is 2. The molecule has 1 aromatic carbocycles. The topological polar surface area (TPSA) is 66.6 Å². The monoisotopic (exact) mass is 289 g/mol. The first kappa shape index (κ1) is 15.4. The Labute approximate surface area is 125 Å². The molecule has 0 spiro atoms. The maximum atomic E-state index is 12.4. The molecule has 0 aromatic heterocycles. The molecule has 5 heteroatoms. The Kier molecular flexibility index (Phi) is 4.83. The van der Waals surface area contributed by atoms with E-state index in [9.17, 15) is 9.59 Å². The zero-order valence-electron chi connectivity index (χ0n) is 12.7. The van der Waals surface area contributed by atoms with Gasteiger partial charge in [-0.15, -0.1) is 0 Å². The van der Waals surface area contributed by atoms with Gasteiger partial charge in [-0.1, -0.05) is 32.0 Å². The number of anilines is 1. The Morgan fingerprint density at radius 1 is 1.00 bits per heavy atom. The second kappa shape index (κ2) is 6.61. The highest BCUT2D eigenvalue weighted by atomic mass is 16.2. The highest BCUT2D eigenvalue weighted by molar-refractivity contribution is 5.86. The lowest BCUT2D eigenvalue weighted by atomic mass is 9.94. The lowest BCUT2D eigenvalue weighted by Crippen LogP contribution is -2.51. The zero-order chi connectivity index (χ0) is 15.4. The Bertz CT molecular complexity index is 496. The molecule has 5 nitrogen and oxygen atoms in total. The number of carbonyl (C=O) groups is 2. The summed E-state index contributed by atoms with van der Waals surface area (Å²) in [6, 6.07) is 10.2. The van der Waals surface area contributed by atoms with Crippen LogP contribution in [0.1, 0.15) is 13.8 Å². The molecule has 1 fully saturated rings. The van der Waals surface area contributed by atoms with Crippen LogP contribution in [0, 0.1) is 11.8 Å². The first-order valence-corrected chi connectivity index (χ1v) is 7.39. The molecule has 114 valence electrons. The number of hydrogen-bond acceptors (Lipinski definition) is 3. The van der Waals surface area contributed by atoms with Crippen LogP contribution in [-0.4, -0.2) is 42.9 Å². The average molecular weight is 289 g/mol. The smallest absolute Gasteiger partial charge is 0.226 e. The van der Waals surface area contributed by atoms with E-state index in [0.717, 1.165) is 13.1 Å². The number of carbonyl (C=O) groups excluding carboxylic acids is 2. The SMILES string of the molecule is CC(C(N)=O)C(C)C(=O)N1CCN(c2ccccc2)CC1. The predicted octanol–water partition coefficient (Wildman–Crippen LogP) is 1.09. The number of primary amides is 1. The molecule has 2 unspecified atom stereocenters. The van der Waals surface area contributed by atoms with Gasteiger partial charge >= 0.3 is 0 Å². The molecule has 2 amide bonds. The lowest BCUT2D eigenvalue weighted by molar-refractivity contribution is -0.140. The van der Waals surface area contributed by atoms with E-state index in [4.69, 9.17) is 5.73 Å². The summed E-state index contributed by atoms with van der Waals surface area (Å²) in [7, 11) is 0. The third-order valence-corrected chi connectivity index (χ3v) is 4.30. The summed E-state index contributed by atoms with van der Waals surface area (Å²) in [5.41, 5.74) is 6.47. The number of benzene rings is 1. The standard InChI is InChI=1S/C16H23N3O2/c1-12(15(17)20)13(2)16(21)19-10-8-18(9-11-19)14-6-4-3-5-7-14/h3-7,12-13H,8-11H2,1-2H3,(H2,17,20). The van der Waals surface area contributed by atoms with Crippen LogP contribution in [0.3, 0.4) is 0 Å². The fraction of sp³-hybridized carbons (Fsp3) is 0.500. The minimum absolute atomic E-state index is 0.0222. The lowest BCUT2D eigenvalue weighted by Gasteiger charge is -2.37. The molecule has 0 aliphatic carbocycles. The van der Waals surface area contributed by atoms with Crippen molar-refractivity contribution in [2.75, 3.05) is 31.1 Å². The normalized spacial score (nSPS) is 18.2. The average Bonchev–Trinajstić information content (AvgIpc) is 2.53. The molecule has 0 saturated carbocycles. The van der Waals surface area contributed by atoms with Gasteiger partial charge in [0, 0.05) is 43.7 Å². The predicted molar refractivity (Wildman–Crippen MR) is 82.8 cm³/mol. The molecule has 1 aliphatic heterocycles. The third-order valence-electron chi connectivity index (χ3n) is 4.30. The van der Waals surface area contributed by atoms with Crippen LogP contribution in [-0.2, 0) is 9.59 Å². The fourth-order valence-electron chi connectivity index (χ4n) is 2.57. The van der Waals surface area contributed by atoms with Crippen LogP contribution in [0.15, 0.2) is 30.3 Å². The van der Waals surface area contributed by atoms with Gasteiger partial charge in [-0.25, -0.2) is 0 Å². The van der Waals surface area contributed by atoms with E-state index in [-0.39, 0.29) is 11.8 Å². The van der Waals surface area contributed by atoms with Gasteiger partial charge in [0.05, 0.1) is 0 Å². The summed E-state index contributed by atoms with van der Waals surface area (Å²) in [6.45, 7) is 6.49. The van der Waals surface area contributed by atoms with E-state index in [2.05, 4.69) is 17.0 Å². The van der Waals surface area contributed by atoms with Gasteiger partial charge in [0.25, 0.3) is 0 Å². The Morgan fingerprint density at radius 3 is 2.10 bits per heavy atom. The molecular formula is C16H23N3O2. The van der Waals surface area contributed by atoms with Gasteiger partial charge in [-0.05, 0) is 12.1 Å². The second-order valence-electron chi connectivity index (χ2n) is 5.63. The molecule has 0 bridgehead atoms. The van der Waals surface area contributed by atoms with Crippen molar-refractivity contribution >= 4 is 17.5 Å². The molecule has 1 aromatic rings. The molecular weight excluding hydrogens is 266 g/mol. The van der Waals surface area contributed by atoms with Gasteiger partial charge < -0.3 is 15.5 Å². The van der Waals surface area contributed by atoms with E-state index in [1.165, 1.54) is 5.69 Å². The second-order valence-corrected chi connectivity index (χ2v) is 5.63. The summed E-state index contributed by atoms with van der Waals surface area (Å²) >= 11 is 0. The molecule has 1 heterocycles. The van der Waals surface area contributed by atoms with Gasteiger partial charge in [-0.3, -0.25) is 9.59 Å². The van der Waals surface area contributed by atoms with Gasteiger partial charge in [-0.2, -0.15) is 0 Å². The third kappa shape index (κ3) is 3.54. The van der Waals surface area contributed by atoms with Crippen molar-refractivity contribution in [1.29, 1.82) is 0 Å². The van der Waals surface area contributed by atoms with Crippen molar-refractivity contribution in [2.45, 2.75) is 13.8 Å². The van der Waals surface area contributed by atoms with Gasteiger partial charge in [0.1, 0.15) is 0 Å². The number of amides is 2. The Morgan fingerprint density at radius 2 is 1.57 bits per heavy atom. The van der Waals surface area contributed by atoms with E-state index < -0.39 is 11.8 Å². The molecule has 2 atom stereocenters. The molecule has 2 rings (SSSR count). The Balaban J connectivity index is 1.92. The van der Waals surface area contributed by atoms with Gasteiger partial charge in [0.15, 0.2) is 0 Å². The molecule has 1 aliphatic rings. The van der Waals surface area contributed by atoms with Crippen molar-refractivity contribution in [3.05, 3.63) is 30.3 Å². The van der Waals surface area contributed by atoms with Crippen molar-refractivity contribution in [3.8, 4) is 0 Å². The van der Waals surface area contributed by atoms with Gasteiger partial charge in [0.2, 0.25) is 11.8 Å². The maximum Gasteiger partial charge on any atom is 0.226 e. The number of nitrogens with two attached hydrogens (primary N) is 1. The number of para-hydroxylation sites is 1. The molecule has 2 N–H and O–H groups in total. The van der Waals surface area contributed by atoms with Crippen LogP contribution < -0.4 is 10.6 Å². The Hall–Kier alpha value is -2.04. The van der Waals surface area contributed by atoms with Crippen molar-refractivity contribution in [3.63, 3.8) is 0 Å². The van der Waals surface area contributed by atoms with E-state index >= 15 is 0 Å². The number of hydrogen-bond donors (Lipinski definition) is 1. The summed E-state index contributed by atoms with van der Waals surface area (Å²) < 4.78 is 0. The van der Waals surface area contributed by atoms with Crippen LogP contribution in [0.5, 0.6) is 0 Å². The minimum atomic E-state index is -0.426. The first-order valence-electron chi connectivity index (χ1n) is 7.39. The summed E-state index contributed by atoms with van der Waals surface area (Å²) in [5.74, 6) is -1.18. The summed E-state index contributed by atoms with van der Waals surface area (Å²) in [4.78, 5) is 27.7. The van der Waals surface area contributed by atoms with E-state index in [0.29, 0.717) is 13.1 Å². The first-order chi connectivity index (χ1) is 10.0. The summed E-state index contributed by atoms with van der Waals surface area (Å²) in [6.07, 6.45) is 0. The quantitative estimate of drug-likeness (QED) is 0.902. The highest BCUT2D eigenvalue weighted by Crippen LogP contribution is 2.19. The molecule has 1 saturated heterocycles. The molecule has 21 heavy (non-hydrogen) atoms. The van der Waals surface area contributed by atoms with Crippen LogP contribution in [0.25, 0.3) is 0 Å². The van der Waals surface area contributed by atoms with Crippen LogP contribution in [0.2, 0.25) is 0 Å². The van der Waals surface area contributed by atoms with Crippen molar-refractivity contribution in [1.82, 2.24) is 4.90 Å². The molecule has 0 radical (unpaired) electrons. The van der Waals surface area contributed by atoms with Crippen LogP contribution >= 0.6 is 0 Å². The highest BCUT2D eigenvalue weighted by Gasteiger charge is 2.30. The summed E-state index contributed by atoms with van der Waals surface area (Å²) in [5, 5.41) is 0. The number of rotatable bonds is 4. The van der Waals surface area contributed by atoms with Crippen molar-refractivity contribution < 1.29 is 9.59 Å². The van der Waals surface area contributed by atoms with E-state index in [1.807, 2.05) is 23.1 Å². The van der Waals surface area contributed by atoms with Crippen molar-refractivity contribution in [2.24, 2.45) is 17.6 Å². The minimum Gasteiger partial charge on any atom is -0.369 e. The number of piperazine rings is 1. The zero-order valence-corrected chi connectivity index (χ0v) is 12.7. The maximum absolute atomic E-state index is 12.4. The largest absolute Gasteiger partial charge is 0.369 e. The van der Waals surface area contributed by atoms with Crippen LogP contribution in [0.4, 0.5) is 5.69 Å². The fourth-order valence-corrected chi connectivity index (χ4v) is 2.57. The van der Waals surface area contributed by atoms with E-state index in [1.54, 1.807) is 13.8 Å².